The van der Waals surface area contributed by atoms with Gasteiger partial charge in [-0.05, 0) is 28.4 Å². The molecule has 2 heterocycles. The number of rotatable bonds is 4. The van der Waals surface area contributed by atoms with E-state index in [2.05, 4.69) is 15.9 Å². The number of hydrogen-bond donors (Lipinski definition) is 1. The largest absolute Gasteiger partial charge is 0.480 e. The van der Waals surface area contributed by atoms with Crippen LogP contribution in [0.15, 0.2) is 16.7 Å². The molecule has 0 aliphatic carbocycles. The van der Waals surface area contributed by atoms with Crippen LogP contribution >= 0.6 is 15.9 Å². The van der Waals surface area contributed by atoms with Crippen LogP contribution in [0.5, 0.6) is 0 Å². The average molecular weight is 345 g/mol. The summed E-state index contributed by atoms with van der Waals surface area (Å²) in [6.45, 7) is 3.44. The zero-order valence-corrected chi connectivity index (χ0v) is 12.8. The van der Waals surface area contributed by atoms with E-state index in [-0.39, 0.29) is 12.5 Å². The normalized spacial score (nSPS) is 19.1. The zero-order chi connectivity index (χ0) is 14.7. The van der Waals surface area contributed by atoms with Gasteiger partial charge in [-0.2, -0.15) is 0 Å². The topological polar surface area (TPSA) is 71.8 Å². The molecule has 1 amide bonds. The van der Waals surface area contributed by atoms with Crippen molar-refractivity contribution in [3.05, 3.63) is 22.4 Å². The third-order valence-corrected chi connectivity index (χ3v) is 3.65. The van der Waals surface area contributed by atoms with Gasteiger partial charge in [0.05, 0.1) is 13.2 Å². The molecule has 0 saturated carbocycles. The molecule has 6 nitrogen and oxygen atoms in total. The molecule has 1 fully saturated rings. The maximum absolute atomic E-state index is 12.6. The van der Waals surface area contributed by atoms with Crippen LogP contribution in [0.4, 0.5) is 0 Å². The van der Waals surface area contributed by atoms with Gasteiger partial charge in [0, 0.05) is 23.8 Å². The highest BCUT2D eigenvalue weighted by Crippen LogP contribution is 2.19. The Morgan fingerprint density at radius 1 is 1.55 bits per heavy atom. The Morgan fingerprint density at radius 3 is 2.95 bits per heavy atom. The molecule has 20 heavy (non-hydrogen) atoms. The summed E-state index contributed by atoms with van der Waals surface area (Å²) < 4.78 is 7.81. The van der Waals surface area contributed by atoms with Crippen LogP contribution in [0.3, 0.4) is 0 Å². The first-order valence-corrected chi connectivity index (χ1v) is 7.31. The van der Waals surface area contributed by atoms with E-state index in [9.17, 15) is 14.7 Å². The highest BCUT2D eigenvalue weighted by atomic mass is 79.9. The van der Waals surface area contributed by atoms with E-state index in [1.54, 1.807) is 6.07 Å². The van der Waals surface area contributed by atoms with E-state index in [0.717, 1.165) is 17.4 Å². The van der Waals surface area contributed by atoms with Crippen molar-refractivity contribution in [3.8, 4) is 0 Å². The second kappa shape index (κ2) is 6.41. The number of halogens is 1. The van der Waals surface area contributed by atoms with Gasteiger partial charge in [-0.25, -0.2) is 4.79 Å². The van der Waals surface area contributed by atoms with Crippen molar-refractivity contribution in [3.63, 3.8) is 0 Å². The van der Waals surface area contributed by atoms with E-state index < -0.39 is 12.0 Å². The third kappa shape index (κ3) is 3.04. The quantitative estimate of drug-likeness (QED) is 0.900. The minimum Gasteiger partial charge on any atom is -0.480 e. The van der Waals surface area contributed by atoms with Crippen LogP contribution in [0.25, 0.3) is 0 Å². The fourth-order valence-electron chi connectivity index (χ4n) is 2.28. The van der Waals surface area contributed by atoms with Gasteiger partial charge in [0.2, 0.25) is 0 Å². The first-order chi connectivity index (χ1) is 9.54. The number of carbonyl (C=O) groups excluding carboxylic acids is 1. The standard InChI is InChI=1S/C13H17BrN2O4/c1-2-3-15-7-9(14)6-10(15)12(17)16-4-5-20-8-11(16)13(18)19/h6-7,11H,2-5,8H2,1H3,(H,18,19). The molecule has 0 radical (unpaired) electrons. The van der Waals surface area contributed by atoms with Gasteiger partial charge in [-0.15, -0.1) is 0 Å². The van der Waals surface area contributed by atoms with E-state index in [0.29, 0.717) is 18.8 Å². The van der Waals surface area contributed by atoms with Gasteiger partial charge >= 0.3 is 5.97 Å². The molecule has 7 heteroatoms. The second-order valence-electron chi connectivity index (χ2n) is 4.66. The Morgan fingerprint density at radius 2 is 2.30 bits per heavy atom. The summed E-state index contributed by atoms with van der Waals surface area (Å²) in [6, 6.07) is 0.812. The maximum atomic E-state index is 12.6. The first kappa shape index (κ1) is 15.1. The molecule has 1 aliphatic heterocycles. The number of aryl methyl sites for hydroxylation is 1. The number of morpholine rings is 1. The molecule has 1 atom stereocenters. The summed E-state index contributed by atoms with van der Waals surface area (Å²) >= 11 is 3.36. The van der Waals surface area contributed by atoms with Crippen LogP contribution in [-0.4, -0.2) is 52.3 Å². The molecule has 0 bridgehead atoms. The van der Waals surface area contributed by atoms with Gasteiger partial charge in [0.25, 0.3) is 5.91 Å². The molecule has 0 aromatic carbocycles. The second-order valence-corrected chi connectivity index (χ2v) is 5.58. The minimum atomic E-state index is -1.04. The molecule has 1 unspecified atom stereocenters. The zero-order valence-electron chi connectivity index (χ0n) is 11.2. The summed E-state index contributed by atoms with van der Waals surface area (Å²) in [6.07, 6.45) is 2.74. The Hall–Kier alpha value is -1.34. The van der Waals surface area contributed by atoms with E-state index in [4.69, 9.17) is 4.74 Å². The van der Waals surface area contributed by atoms with Crippen LogP contribution < -0.4 is 0 Å². The lowest BCUT2D eigenvalue weighted by molar-refractivity contribution is -0.147. The van der Waals surface area contributed by atoms with Gasteiger partial charge < -0.3 is 19.3 Å². The maximum Gasteiger partial charge on any atom is 0.328 e. The predicted octanol–water partition coefficient (Wildman–Crippen LogP) is 1.59. The van der Waals surface area contributed by atoms with Crippen LogP contribution in [-0.2, 0) is 16.1 Å². The Kier molecular flexibility index (Phi) is 4.82. The van der Waals surface area contributed by atoms with Crippen molar-refractivity contribution in [2.45, 2.75) is 25.9 Å². The van der Waals surface area contributed by atoms with E-state index in [1.807, 2.05) is 17.7 Å². The van der Waals surface area contributed by atoms with Crippen LogP contribution in [0, 0.1) is 0 Å². The number of aromatic nitrogens is 1. The fraction of sp³-hybridized carbons (Fsp3) is 0.538. The number of hydrogen-bond acceptors (Lipinski definition) is 3. The molecule has 1 aromatic rings. The molecule has 0 spiro atoms. The van der Waals surface area contributed by atoms with E-state index >= 15 is 0 Å². The summed E-state index contributed by atoms with van der Waals surface area (Å²) in [5.41, 5.74) is 0.506. The van der Waals surface area contributed by atoms with Crippen molar-refractivity contribution in [1.82, 2.24) is 9.47 Å². The van der Waals surface area contributed by atoms with Crippen LogP contribution in [0.1, 0.15) is 23.8 Å². The number of carboxylic acids is 1. The van der Waals surface area contributed by atoms with Crippen molar-refractivity contribution >= 4 is 27.8 Å². The smallest absolute Gasteiger partial charge is 0.328 e. The predicted molar refractivity (Wildman–Crippen MR) is 75.7 cm³/mol. The van der Waals surface area contributed by atoms with E-state index in [1.165, 1.54) is 4.90 Å². The molecule has 1 aliphatic rings. The molecule has 1 aromatic heterocycles. The number of carboxylic acid groups (broad SMARTS) is 1. The third-order valence-electron chi connectivity index (χ3n) is 3.22. The van der Waals surface area contributed by atoms with Gasteiger partial charge in [0.1, 0.15) is 5.69 Å². The molecule has 1 saturated heterocycles. The summed E-state index contributed by atoms with van der Waals surface area (Å²) in [7, 11) is 0. The minimum absolute atomic E-state index is 0.0384. The Balaban J connectivity index is 2.27. The van der Waals surface area contributed by atoms with Gasteiger partial charge in [-0.1, -0.05) is 6.92 Å². The van der Waals surface area contributed by atoms with Crippen molar-refractivity contribution in [2.24, 2.45) is 0 Å². The first-order valence-electron chi connectivity index (χ1n) is 6.51. The number of aliphatic carboxylic acids is 1. The molecule has 1 N–H and O–H groups in total. The highest BCUT2D eigenvalue weighted by Gasteiger charge is 2.34. The average Bonchev–Trinajstić information content (AvgIpc) is 2.79. The summed E-state index contributed by atoms with van der Waals surface area (Å²) in [5.74, 6) is -1.30. The highest BCUT2D eigenvalue weighted by molar-refractivity contribution is 9.10. The fourth-order valence-corrected chi connectivity index (χ4v) is 2.74. The summed E-state index contributed by atoms with van der Waals surface area (Å²) in [5, 5.41) is 9.19. The molecule has 110 valence electrons. The lowest BCUT2D eigenvalue weighted by atomic mass is 10.2. The monoisotopic (exact) mass is 344 g/mol. The van der Waals surface area contributed by atoms with Gasteiger partial charge in [0.15, 0.2) is 6.04 Å². The number of amides is 1. The molecule has 2 rings (SSSR count). The Bertz CT molecular complexity index is 514. The lowest BCUT2D eigenvalue weighted by Gasteiger charge is -2.33. The molecular formula is C13H17BrN2O4. The van der Waals surface area contributed by atoms with Crippen molar-refractivity contribution in [1.29, 1.82) is 0 Å². The number of nitrogens with zero attached hydrogens (tertiary/aromatic N) is 2. The summed E-state index contributed by atoms with van der Waals surface area (Å²) in [4.78, 5) is 25.2. The van der Waals surface area contributed by atoms with Crippen LogP contribution in [0.2, 0.25) is 0 Å². The SMILES string of the molecule is CCCn1cc(Br)cc1C(=O)N1CCOCC1C(=O)O. The van der Waals surface area contributed by atoms with Gasteiger partial charge in [-0.3, -0.25) is 4.79 Å². The van der Waals surface area contributed by atoms with Crippen molar-refractivity contribution < 1.29 is 19.4 Å². The number of carbonyl (C=O) groups is 2. The number of ether oxygens (including phenoxy) is 1. The molecular weight excluding hydrogens is 328 g/mol. The van der Waals surface area contributed by atoms with Crippen molar-refractivity contribution in [2.75, 3.05) is 19.8 Å². The Labute approximate surface area is 125 Å². The lowest BCUT2D eigenvalue weighted by Crippen LogP contribution is -2.52.